The summed E-state index contributed by atoms with van der Waals surface area (Å²) in [5.41, 5.74) is 3.34. The van der Waals surface area contributed by atoms with E-state index >= 15 is 0 Å². The van der Waals surface area contributed by atoms with Gasteiger partial charge in [-0.15, -0.1) is 0 Å². The molecule has 1 heterocycles. The van der Waals surface area contributed by atoms with Gasteiger partial charge >= 0.3 is 5.69 Å². The number of hydrogen-bond donors (Lipinski definition) is 0. The van der Waals surface area contributed by atoms with Crippen LogP contribution in [0.2, 0.25) is 0 Å². The Bertz CT molecular complexity index is 575. The second kappa shape index (κ2) is 3.81. The molecular formula is C13H18N2O. The minimum absolute atomic E-state index is 0.0815. The first-order valence-corrected chi connectivity index (χ1v) is 5.67. The first kappa shape index (κ1) is 11.0. The van der Waals surface area contributed by atoms with Gasteiger partial charge in [-0.05, 0) is 24.5 Å². The van der Waals surface area contributed by atoms with Crippen molar-refractivity contribution < 1.29 is 0 Å². The fraction of sp³-hybridized carbons (Fsp3) is 0.462. The van der Waals surface area contributed by atoms with Crippen molar-refractivity contribution in [2.24, 2.45) is 13.0 Å². The summed E-state index contributed by atoms with van der Waals surface area (Å²) < 4.78 is 3.61. The number of benzene rings is 1. The van der Waals surface area contributed by atoms with Gasteiger partial charge in [-0.2, -0.15) is 0 Å². The highest BCUT2D eigenvalue weighted by Crippen LogP contribution is 2.17. The number of aryl methyl sites for hydroxylation is 2. The molecule has 0 radical (unpaired) electrons. The molecule has 2 rings (SSSR count). The maximum Gasteiger partial charge on any atom is 0.328 e. The Morgan fingerprint density at radius 3 is 2.62 bits per heavy atom. The summed E-state index contributed by atoms with van der Waals surface area (Å²) in [7, 11) is 1.83. The summed E-state index contributed by atoms with van der Waals surface area (Å²) in [6.45, 7) is 7.09. The third kappa shape index (κ3) is 1.56. The van der Waals surface area contributed by atoms with Crippen molar-refractivity contribution in [1.29, 1.82) is 0 Å². The van der Waals surface area contributed by atoms with Crippen molar-refractivity contribution in [3.63, 3.8) is 0 Å². The molecule has 3 heteroatoms. The molecule has 0 saturated carbocycles. The third-order valence-electron chi connectivity index (χ3n) is 2.91. The molecule has 0 N–H and O–H groups in total. The van der Waals surface area contributed by atoms with Crippen LogP contribution in [-0.2, 0) is 13.6 Å². The van der Waals surface area contributed by atoms with Crippen molar-refractivity contribution in [1.82, 2.24) is 9.13 Å². The van der Waals surface area contributed by atoms with E-state index in [1.807, 2.05) is 23.7 Å². The lowest BCUT2D eigenvalue weighted by molar-refractivity contribution is 0.515. The van der Waals surface area contributed by atoms with Crippen molar-refractivity contribution in [2.75, 3.05) is 0 Å². The number of nitrogens with zero attached hydrogens (tertiary/aromatic N) is 2. The van der Waals surface area contributed by atoms with E-state index < -0.39 is 0 Å². The van der Waals surface area contributed by atoms with Crippen LogP contribution in [0, 0.1) is 12.8 Å². The first-order chi connectivity index (χ1) is 7.52. The van der Waals surface area contributed by atoms with E-state index in [2.05, 4.69) is 26.8 Å². The zero-order valence-electron chi connectivity index (χ0n) is 10.3. The van der Waals surface area contributed by atoms with E-state index in [-0.39, 0.29) is 5.69 Å². The fourth-order valence-electron chi connectivity index (χ4n) is 2.18. The van der Waals surface area contributed by atoms with Gasteiger partial charge in [-0.3, -0.25) is 9.13 Å². The van der Waals surface area contributed by atoms with Crippen molar-refractivity contribution in [2.45, 2.75) is 27.3 Å². The molecule has 16 heavy (non-hydrogen) atoms. The molecular weight excluding hydrogens is 200 g/mol. The highest BCUT2D eigenvalue weighted by atomic mass is 16.1. The molecule has 0 unspecified atom stereocenters. The maximum atomic E-state index is 12.1. The standard InChI is InChI=1S/C13H18N2O/c1-9(2)8-15-12-10(3)6-5-7-11(12)14(4)13(15)16/h5-7,9H,8H2,1-4H3. The lowest BCUT2D eigenvalue weighted by atomic mass is 10.2. The number of hydrogen-bond acceptors (Lipinski definition) is 1. The topological polar surface area (TPSA) is 26.9 Å². The van der Waals surface area contributed by atoms with Gasteiger partial charge < -0.3 is 0 Å². The lowest BCUT2D eigenvalue weighted by Gasteiger charge is -2.07. The van der Waals surface area contributed by atoms with Crippen LogP contribution in [0.15, 0.2) is 23.0 Å². The van der Waals surface area contributed by atoms with Crippen LogP contribution in [-0.4, -0.2) is 9.13 Å². The molecule has 0 spiro atoms. The molecule has 0 aliphatic heterocycles. The van der Waals surface area contributed by atoms with Crippen molar-refractivity contribution in [3.8, 4) is 0 Å². The molecule has 0 aliphatic carbocycles. The second-order valence-corrected chi connectivity index (χ2v) is 4.79. The van der Waals surface area contributed by atoms with Gasteiger partial charge in [0, 0.05) is 13.6 Å². The van der Waals surface area contributed by atoms with Crippen LogP contribution >= 0.6 is 0 Å². The Kier molecular flexibility index (Phi) is 2.62. The van der Waals surface area contributed by atoms with Crippen LogP contribution in [0.1, 0.15) is 19.4 Å². The molecule has 0 fully saturated rings. The Labute approximate surface area is 95.3 Å². The molecule has 0 amide bonds. The van der Waals surface area contributed by atoms with Gasteiger partial charge in [0.1, 0.15) is 0 Å². The number of para-hydroxylation sites is 1. The molecule has 86 valence electrons. The number of aromatic nitrogens is 2. The van der Waals surface area contributed by atoms with Crippen LogP contribution < -0.4 is 5.69 Å². The molecule has 3 nitrogen and oxygen atoms in total. The highest BCUT2D eigenvalue weighted by Gasteiger charge is 2.12. The smallest absolute Gasteiger partial charge is 0.295 e. The van der Waals surface area contributed by atoms with Gasteiger partial charge in [0.15, 0.2) is 0 Å². The highest BCUT2D eigenvalue weighted by molar-refractivity contribution is 5.79. The molecule has 2 aromatic rings. The Morgan fingerprint density at radius 1 is 1.31 bits per heavy atom. The van der Waals surface area contributed by atoms with E-state index in [1.54, 1.807) is 4.57 Å². The Hall–Kier alpha value is -1.51. The average molecular weight is 218 g/mol. The van der Waals surface area contributed by atoms with Gasteiger partial charge in [-0.1, -0.05) is 26.0 Å². The zero-order valence-corrected chi connectivity index (χ0v) is 10.3. The van der Waals surface area contributed by atoms with E-state index in [1.165, 1.54) is 0 Å². The molecule has 0 saturated heterocycles. The number of rotatable bonds is 2. The first-order valence-electron chi connectivity index (χ1n) is 5.67. The van der Waals surface area contributed by atoms with E-state index in [0.717, 1.165) is 23.1 Å². The molecule has 0 atom stereocenters. The summed E-state index contributed by atoms with van der Waals surface area (Å²) in [6, 6.07) is 6.05. The quantitative estimate of drug-likeness (QED) is 0.760. The van der Waals surface area contributed by atoms with Crippen LogP contribution in [0.4, 0.5) is 0 Å². The largest absolute Gasteiger partial charge is 0.328 e. The van der Waals surface area contributed by atoms with Gasteiger partial charge in [0.25, 0.3) is 0 Å². The van der Waals surface area contributed by atoms with Crippen LogP contribution in [0.5, 0.6) is 0 Å². The van der Waals surface area contributed by atoms with Crippen molar-refractivity contribution >= 4 is 11.0 Å². The van der Waals surface area contributed by atoms with Gasteiger partial charge in [-0.25, -0.2) is 4.79 Å². The summed E-state index contributed by atoms with van der Waals surface area (Å²) in [4.78, 5) is 12.1. The summed E-state index contributed by atoms with van der Waals surface area (Å²) >= 11 is 0. The molecule has 1 aromatic heterocycles. The van der Waals surface area contributed by atoms with Gasteiger partial charge in [0.05, 0.1) is 11.0 Å². The Balaban J connectivity index is 2.81. The van der Waals surface area contributed by atoms with Crippen LogP contribution in [0.25, 0.3) is 11.0 Å². The summed E-state index contributed by atoms with van der Waals surface area (Å²) in [5.74, 6) is 0.475. The fourth-order valence-corrected chi connectivity index (χ4v) is 2.18. The van der Waals surface area contributed by atoms with E-state index in [4.69, 9.17) is 0 Å². The second-order valence-electron chi connectivity index (χ2n) is 4.79. The summed E-state index contributed by atoms with van der Waals surface area (Å²) in [6.07, 6.45) is 0. The van der Waals surface area contributed by atoms with Gasteiger partial charge in [0.2, 0.25) is 0 Å². The minimum atomic E-state index is 0.0815. The summed E-state index contributed by atoms with van der Waals surface area (Å²) in [5, 5.41) is 0. The van der Waals surface area contributed by atoms with E-state index in [9.17, 15) is 4.79 Å². The molecule has 1 aromatic carbocycles. The van der Waals surface area contributed by atoms with Crippen molar-refractivity contribution in [3.05, 3.63) is 34.2 Å². The lowest BCUT2D eigenvalue weighted by Crippen LogP contribution is -2.24. The van der Waals surface area contributed by atoms with Crippen LogP contribution in [0.3, 0.4) is 0 Å². The third-order valence-corrected chi connectivity index (χ3v) is 2.91. The minimum Gasteiger partial charge on any atom is -0.295 e. The Morgan fingerprint density at radius 2 is 2.00 bits per heavy atom. The zero-order chi connectivity index (χ0) is 11.9. The predicted octanol–water partition coefficient (Wildman–Crippen LogP) is 2.30. The number of imidazole rings is 1. The number of fused-ring (bicyclic) bond motifs is 1. The predicted molar refractivity (Wildman–Crippen MR) is 66.8 cm³/mol. The normalized spacial score (nSPS) is 11.6. The SMILES string of the molecule is Cc1cccc2c1n(CC(C)C)c(=O)n2C. The molecule has 0 bridgehead atoms. The average Bonchev–Trinajstić information content (AvgIpc) is 2.45. The van der Waals surface area contributed by atoms with E-state index in [0.29, 0.717) is 5.92 Å². The molecule has 0 aliphatic rings. The maximum absolute atomic E-state index is 12.1. The monoisotopic (exact) mass is 218 g/mol.